The number of nitrogens with zero attached hydrogens (tertiary/aromatic N) is 2. The zero-order valence-electron chi connectivity index (χ0n) is 12.0. The molecule has 2 rings (SSSR count). The monoisotopic (exact) mass is 311 g/mol. The second kappa shape index (κ2) is 7.22. The first-order valence-corrected chi connectivity index (χ1v) is 8.76. The average molecular weight is 311 g/mol. The van der Waals surface area contributed by atoms with Crippen molar-refractivity contribution in [1.29, 1.82) is 0 Å². The van der Waals surface area contributed by atoms with Crippen LogP contribution in [0.1, 0.15) is 33.1 Å². The molecule has 4 nitrogen and oxygen atoms in total. The summed E-state index contributed by atoms with van der Waals surface area (Å²) in [5, 5.41) is 11.6. The van der Waals surface area contributed by atoms with Crippen LogP contribution in [0.5, 0.6) is 0 Å². The third-order valence-corrected chi connectivity index (χ3v) is 5.48. The predicted molar refractivity (Wildman–Crippen MR) is 85.1 cm³/mol. The number of carbonyl (C=O) groups excluding carboxylic acids is 1. The summed E-state index contributed by atoms with van der Waals surface area (Å²) in [5.41, 5.74) is 0. The fraction of sp³-hybridized carbons (Fsp3) is 0.643. The molecule has 1 heterocycles. The molecular formula is C14H21N3OS2. The third kappa shape index (κ3) is 4.31. The van der Waals surface area contributed by atoms with E-state index in [1.165, 1.54) is 17.8 Å². The van der Waals surface area contributed by atoms with E-state index >= 15 is 0 Å². The predicted octanol–water partition coefficient (Wildman–Crippen LogP) is 3.83. The molecule has 1 fully saturated rings. The molecule has 0 aliphatic heterocycles. The number of rotatable bonds is 5. The van der Waals surface area contributed by atoms with Gasteiger partial charge >= 0.3 is 0 Å². The maximum atomic E-state index is 12.3. The maximum Gasteiger partial charge on any atom is 0.229 e. The van der Waals surface area contributed by atoms with Gasteiger partial charge in [0.05, 0.1) is 0 Å². The molecule has 6 heteroatoms. The number of hydrogen-bond donors (Lipinski definition) is 1. The summed E-state index contributed by atoms with van der Waals surface area (Å²) >= 11 is 3.01. The molecule has 110 valence electrons. The van der Waals surface area contributed by atoms with Crippen LogP contribution in [0.3, 0.4) is 0 Å². The zero-order valence-corrected chi connectivity index (χ0v) is 13.6. The van der Waals surface area contributed by atoms with Gasteiger partial charge in [0.2, 0.25) is 11.0 Å². The molecule has 2 unspecified atom stereocenters. The Morgan fingerprint density at radius 1 is 1.40 bits per heavy atom. The number of nitrogens with one attached hydrogen (secondary N) is 1. The summed E-state index contributed by atoms with van der Waals surface area (Å²) in [4.78, 5) is 12.3. The Hall–Kier alpha value is -0.880. The summed E-state index contributed by atoms with van der Waals surface area (Å²) in [6, 6.07) is 0. The van der Waals surface area contributed by atoms with Crippen LogP contribution in [0.25, 0.3) is 0 Å². The van der Waals surface area contributed by atoms with Gasteiger partial charge in [-0.1, -0.05) is 43.0 Å². The van der Waals surface area contributed by atoms with Crippen molar-refractivity contribution in [2.75, 3.05) is 11.1 Å². The highest BCUT2D eigenvalue weighted by Crippen LogP contribution is 2.34. The van der Waals surface area contributed by atoms with E-state index in [9.17, 15) is 4.79 Å². The number of aromatic nitrogens is 2. The first-order valence-electron chi connectivity index (χ1n) is 6.96. The van der Waals surface area contributed by atoms with E-state index in [-0.39, 0.29) is 11.8 Å². The minimum Gasteiger partial charge on any atom is -0.300 e. The molecule has 1 aromatic rings. The molecule has 1 aromatic heterocycles. The second-order valence-electron chi connectivity index (χ2n) is 5.58. The standard InChI is InChI=1S/C14H21N3OS2/c1-4-5-19-14-17-16-13(20-14)15-12(18)11-7-9(2)6-10(3)8-11/h4,9-11H,1,5-8H2,2-3H3,(H,15,16,18). The van der Waals surface area contributed by atoms with E-state index in [1.54, 1.807) is 11.8 Å². The Kier molecular flexibility index (Phi) is 5.60. The number of thioether (sulfide) groups is 1. The van der Waals surface area contributed by atoms with Crippen molar-refractivity contribution in [3.63, 3.8) is 0 Å². The van der Waals surface area contributed by atoms with Crippen LogP contribution >= 0.6 is 23.1 Å². The third-order valence-electron chi connectivity index (χ3n) is 3.51. The number of hydrogen-bond acceptors (Lipinski definition) is 5. The van der Waals surface area contributed by atoms with E-state index in [0.717, 1.165) is 22.9 Å². The SMILES string of the molecule is C=CCSc1nnc(NC(=O)C2CC(C)CC(C)C2)s1. The smallest absolute Gasteiger partial charge is 0.229 e. The molecule has 1 aliphatic carbocycles. The largest absolute Gasteiger partial charge is 0.300 e. The molecule has 0 radical (unpaired) electrons. The van der Waals surface area contributed by atoms with Crippen molar-refractivity contribution in [1.82, 2.24) is 10.2 Å². The van der Waals surface area contributed by atoms with E-state index in [0.29, 0.717) is 17.0 Å². The summed E-state index contributed by atoms with van der Waals surface area (Å²) in [6.45, 7) is 8.13. The molecule has 1 saturated carbocycles. The van der Waals surface area contributed by atoms with Crippen LogP contribution in [-0.2, 0) is 4.79 Å². The van der Waals surface area contributed by atoms with Gasteiger partial charge in [0, 0.05) is 11.7 Å². The number of anilines is 1. The van der Waals surface area contributed by atoms with Crippen LogP contribution in [0, 0.1) is 17.8 Å². The summed E-state index contributed by atoms with van der Waals surface area (Å²) < 4.78 is 0.866. The lowest BCUT2D eigenvalue weighted by Crippen LogP contribution is -2.30. The molecule has 1 N–H and O–H groups in total. The molecule has 1 amide bonds. The van der Waals surface area contributed by atoms with Gasteiger partial charge in [-0.3, -0.25) is 4.79 Å². The lowest BCUT2D eigenvalue weighted by molar-refractivity contribution is -0.121. The van der Waals surface area contributed by atoms with Crippen LogP contribution in [0.15, 0.2) is 17.0 Å². The first-order chi connectivity index (χ1) is 9.58. The number of carbonyl (C=O) groups is 1. The van der Waals surface area contributed by atoms with Gasteiger partial charge in [-0.15, -0.1) is 16.8 Å². The molecule has 0 spiro atoms. The highest BCUT2D eigenvalue weighted by atomic mass is 32.2. The van der Waals surface area contributed by atoms with Gasteiger partial charge < -0.3 is 5.32 Å². The van der Waals surface area contributed by atoms with Gasteiger partial charge in [-0.05, 0) is 31.1 Å². The molecular weight excluding hydrogens is 290 g/mol. The zero-order chi connectivity index (χ0) is 14.5. The maximum absolute atomic E-state index is 12.3. The van der Waals surface area contributed by atoms with Gasteiger partial charge in [-0.25, -0.2) is 0 Å². The van der Waals surface area contributed by atoms with E-state index < -0.39 is 0 Å². The fourth-order valence-corrected chi connectivity index (χ4v) is 4.33. The van der Waals surface area contributed by atoms with Gasteiger partial charge in [0.25, 0.3) is 0 Å². The Morgan fingerprint density at radius 3 is 2.75 bits per heavy atom. The topological polar surface area (TPSA) is 54.9 Å². The Balaban J connectivity index is 1.90. The van der Waals surface area contributed by atoms with Crippen molar-refractivity contribution in [3.05, 3.63) is 12.7 Å². The second-order valence-corrected chi connectivity index (χ2v) is 7.82. The summed E-state index contributed by atoms with van der Waals surface area (Å²) in [7, 11) is 0. The Labute approximate surface area is 128 Å². The highest BCUT2D eigenvalue weighted by molar-refractivity contribution is 8.01. The van der Waals surface area contributed by atoms with Gasteiger partial charge in [0.15, 0.2) is 4.34 Å². The lowest BCUT2D eigenvalue weighted by atomic mass is 9.76. The van der Waals surface area contributed by atoms with Crippen molar-refractivity contribution in [2.45, 2.75) is 37.4 Å². The van der Waals surface area contributed by atoms with Gasteiger partial charge in [-0.2, -0.15) is 0 Å². The fourth-order valence-electron chi connectivity index (χ4n) is 2.82. The molecule has 20 heavy (non-hydrogen) atoms. The average Bonchev–Trinajstić information content (AvgIpc) is 2.82. The normalized spacial score (nSPS) is 26.2. The van der Waals surface area contributed by atoms with Crippen molar-refractivity contribution < 1.29 is 4.79 Å². The van der Waals surface area contributed by atoms with Gasteiger partial charge in [0.1, 0.15) is 0 Å². The summed E-state index contributed by atoms with van der Waals surface area (Å²) in [5.74, 6) is 2.27. The van der Waals surface area contributed by atoms with Crippen LogP contribution in [0.2, 0.25) is 0 Å². The summed E-state index contributed by atoms with van der Waals surface area (Å²) in [6.07, 6.45) is 5.01. The Morgan fingerprint density at radius 2 is 2.10 bits per heavy atom. The molecule has 2 atom stereocenters. The van der Waals surface area contributed by atoms with Crippen molar-refractivity contribution >= 4 is 34.1 Å². The van der Waals surface area contributed by atoms with Crippen molar-refractivity contribution in [3.8, 4) is 0 Å². The first kappa shape index (κ1) is 15.5. The molecule has 0 saturated heterocycles. The van der Waals surface area contributed by atoms with E-state index in [2.05, 4.69) is 35.9 Å². The minimum atomic E-state index is 0.0971. The van der Waals surface area contributed by atoms with E-state index in [4.69, 9.17) is 0 Å². The molecule has 0 bridgehead atoms. The van der Waals surface area contributed by atoms with Crippen molar-refractivity contribution in [2.24, 2.45) is 17.8 Å². The molecule has 0 aromatic carbocycles. The van der Waals surface area contributed by atoms with Crippen LogP contribution < -0.4 is 5.32 Å². The van der Waals surface area contributed by atoms with Crippen LogP contribution in [-0.4, -0.2) is 21.9 Å². The Bertz CT molecular complexity index is 465. The highest BCUT2D eigenvalue weighted by Gasteiger charge is 2.29. The van der Waals surface area contributed by atoms with E-state index in [1.807, 2.05) is 6.08 Å². The minimum absolute atomic E-state index is 0.0971. The molecule has 1 aliphatic rings. The quantitative estimate of drug-likeness (QED) is 0.510. The number of amides is 1. The lowest BCUT2D eigenvalue weighted by Gasteiger charge is -2.30. The van der Waals surface area contributed by atoms with Crippen LogP contribution in [0.4, 0.5) is 5.13 Å².